The molecule has 2 rings (SSSR count). The summed E-state index contributed by atoms with van der Waals surface area (Å²) in [6, 6.07) is 7.85. The number of ether oxygens (including phenoxy) is 1. The lowest BCUT2D eigenvalue weighted by Crippen LogP contribution is -2.50. The van der Waals surface area contributed by atoms with Crippen molar-refractivity contribution in [2.45, 2.75) is 25.8 Å². The van der Waals surface area contributed by atoms with E-state index in [1.807, 2.05) is 29.2 Å². The van der Waals surface area contributed by atoms with Gasteiger partial charge < -0.3 is 15.4 Å². The molecule has 21 heavy (non-hydrogen) atoms. The van der Waals surface area contributed by atoms with Crippen LogP contribution in [-0.4, -0.2) is 36.5 Å². The number of hydrogen-bond donors (Lipinski definition) is 1. The minimum atomic E-state index is 0. The van der Waals surface area contributed by atoms with Crippen molar-refractivity contribution in [3.05, 3.63) is 27.8 Å². The van der Waals surface area contributed by atoms with Gasteiger partial charge in [0.1, 0.15) is 5.75 Å². The molecule has 6 heteroatoms. The summed E-state index contributed by atoms with van der Waals surface area (Å²) in [5.41, 5.74) is 5.78. The molecule has 1 heterocycles. The van der Waals surface area contributed by atoms with E-state index in [2.05, 4.69) is 29.5 Å². The topological polar surface area (TPSA) is 55.6 Å². The number of halogens is 2. The maximum absolute atomic E-state index is 12.3. The van der Waals surface area contributed by atoms with Gasteiger partial charge in [0.2, 0.25) is 0 Å². The molecule has 0 radical (unpaired) electrons. The second-order valence-electron chi connectivity index (χ2n) is 5.35. The number of likely N-dealkylation sites (tertiary alicyclic amines) is 1. The molecule has 2 N–H and O–H groups in total. The molecular weight excluding hydrogens is 403 g/mol. The fourth-order valence-electron chi connectivity index (χ4n) is 2.56. The van der Waals surface area contributed by atoms with Crippen LogP contribution in [-0.2, 0) is 4.79 Å². The molecule has 0 aliphatic carbocycles. The van der Waals surface area contributed by atoms with Gasteiger partial charge in [0.15, 0.2) is 6.61 Å². The Morgan fingerprint density at radius 3 is 2.71 bits per heavy atom. The third-order valence-electron chi connectivity index (χ3n) is 3.75. The van der Waals surface area contributed by atoms with E-state index in [1.54, 1.807) is 0 Å². The van der Waals surface area contributed by atoms with Crippen LogP contribution in [0.1, 0.15) is 19.8 Å². The number of amides is 1. The Bertz CT molecular complexity index is 455. The highest BCUT2D eigenvalue weighted by Crippen LogP contribution is 2.22. The smallest absolute Gasteiger partial charge is 0.260 e. The highest BCUT2D eigenvalue weighted by Gasteiger charge is 2.28. The van der Waals surface area contributed by atoms with E-state index < -0.39 is 0 Å². The molecule has 1 aliphatic rings. The Morgan fingerprint density at radius 2 is 2.10 bits per heavy atom. The number of hydrogen-bond acceptors (Lipinski definition) is 3. The van der Waals surface area contributed by atoms with Crippen molar-refractivity contribution in [2.24, 2.45) is 11.7 Å². The van der Waals surface area contributed by atoms with Crippen molar-refractivity contribution in [3.63, 3.8) is 0 Å². The van der Waals surface area contributed by atoms with Gasteiger partial charge in [-0.15, -0.1) is 12.4 Å². The van der Waals surface area contributed by atoms with Crippen LogP contribution in [0, 0.1) is 9.49 Å². The summed E-state index contributed by atoms with van der Waals surface area (Å²) in [5, 5.41) is 0. The minimum absolute atomic E-state index is 0. The minimum Gasteiger partial charge on any atom is -0.484 e. The maximum Gasteiger partial charge on any atom is 0.260 e. The van der Waals surface area contributed by atoms with Gasteiger partial charge in [-0.3, -0.25) is 4.79 Å². The van der Waals surface area contributed by atoms with Gasteiger partial charge in [-0.25, -0.2) is 0 Å². The summed E-state index contributed by atoms with van der Waals surface area (Å²) in [6.07, 6.45) is 2.04. The quantitative estimate of drug-likeness (QED) is 0.756. The van der Waals surface area contributed by atoms with Crippen LogP contribution in [0.3, 0.4) is 0 Å². The Labute approximate surface area is 145 Å². The third-order valence-corrected chi connectivity index (χ3v) is 4.47. The van der Waals surface area contributed by atoms with E-state index in [0.717, 1.165) is 28.7 Å². The molecule has 1 aliphatic heterocycles. The Hall–Kier alpha value is -0.530. The van der Waals surface area contributed by atoms with E-state index in [4.69, 9.17) is 10.5 Å². The summed E-state index contributed by atoms with van der Waals surface area (Å²) in [5.74, 6) is 1.41. The van der Waals surface area contributed by atoms with E-state index in [1.165, 1.54) is 0 Å². The highest BCUT2D eigenvalue weighted by atomic mass is 127. The summed E-state index contributed by atoms with van der Waals surface area (Å²) in [6.45, 7) is 3.62. The van der Waals surface area contributed by atoms with Crippen LogP contribution in [0.15, 0.2) is 24.3 Å². The second kappa shape index (κ2) is 8.80. The van der Waals surface area contributed by atoms with Crippen LogP contribution < -0.4 is 10.5 Å². The van der Waals surface area contributed by atoms with Crippen molar-refractivity contribution < 1.29 is 9.53 Å². The third kappa shape index (κ3) is 5.30. The number of benzene rings is 1. The summed E-state index contributed by atoms with van der Waals surface area (Å²) < 4.78 is 6.71. The van der Waals surface area contributed by atoms with Crippen molar-refractivity contribution in [1.82, 2.24) is 4.90 Å². The molecule has 1 aromatic rings. The summed E-state index contributed by atoms with van der Waals surface area (Å²) >= 11 is 2.24. The number of nitrogens with two attached hydrogens (primary N) is 1. The number of rotatable bonds is 4. The lowest BCUT2D eigenvalue weighted by Gasteiger charge is -2.37. The largest absolute Gasteiger partial charge is 0.484 e. The highest BCUT2D eigenvalue weighted by molar-refractivity contribution is 14.1. The molecule has 0 aromatic heterocycles. The molecule has 118 valence electrons. The predicted molar refractivity (Wildman–Crippen MR) is 94.9 cm³/mol. The number of piperidine rings is 1. The summed E-state index contributed by atoms with van der Waals surface area (Å²) in [4.78, 5) is 14.1. The van der Waals surface area contributed by atoms with Gasteiger partial charge in [-0.1, -0.05) is 6.92 Å². The van der Waals surface area contributed by atoms with Gasteiger partial charge >= 0.3 is 0 Å². The van der Waals surface area contributed by atoms with Gasteiger partial charge in [0, 0.05) is 22.7 Å². The lowest BCUT2D eigenvalue weighted by molar-refractivity contribution is -0.137. The molecule has 1 fully saturated rings. The molecule has 0 saturated carbocycles. The van der Waals surface area contributed by atoms with E-state index in [9.17, 15) is 4.79 Å². The molecule has 1 aromatic carbocycles. The van der Waals surface area contributed by atoms with E-state index in [0.29, 0.717) is 12.5 Å². The Kier molecular flexibility index (Phi) is 7.76. The normalized spacial score (nSPS) is 21.6. The van der Waals surface area contributed by atoms with Gasteiger partial charge in [0.25, 0.3) is 5.91 Å². The first-order chi connectivity index (χ1) is 9.60. The Balaban J connectivity index is 0.00000220. The van der Waals surface area contributed by atoms with Gasteiger partial charge in [-0.2, -0.15) is 0 Å². The fourth-order valence-corrected chi connectivity index (χ4v) is 2.92. The molecule has 1 amide bonds. The first-order valence-corrected chi connectivity index (χ1v) is 8.06. The maximum atomic E-state index is 12.3. The second-order valence-corrected chi connectivity index (χ2v) is 6.59. The van der Waals surface area contributed by atoms with Crippen molar-refractivity contribution in [2.75, 3.05) is 19.7 Å². The lowest BCUT2D eigenvalue weighted by atomic mass is 9.92. The van der Waals surface area contributed by atoms with Crippen LogP contribution in [0.5, 0.6) is 5.75 Å². The average molecular weight is 425 g/mol. The molecule has 4 nitrogen and oxygen atoms in total. The average Bonchev–Trinajstić information content (AvgIpc) is 2.46. The fraction of sp³-hybridized carbons (Fsp3) is 0.533. The molecule has 1 saturated heterocycles. The standard InChI is InChI=1S/C15H21IN2O2.ClH/c1-11-6-7-18(13(8-11)9-17)15(19)10-20-14-4-2-12(16)3-5-14;/h2-5,11,13H,6-10,17H2,1H3;1H. The zero-order chi connectivity index (χ0) is 14.5. The zero-order valence-electron chi connectivity index (χ0n) is 12.1. The van der Waals surface area contributed by atoms with Crippen molar-refractivity contribution in [1.29, 1.82) is 0 Å². The SMILES string of the molecule is CC1CCN(C(=O)COc2ccc(I)cc2)C(CN)C1.Cl. The van der Waals surface area contributed by atoms with Crippen LogP contribution in [0.4, 0.5) is 0 Å². The van der Waals surface area contributed by atoms with Crippen LogP contribution in [0.2, 0.25) is 0 Å². The van der Waals surface area contributed by atoms with E-state index >= 15 is 0 Å². The number of carbonyl (C=O) groups is 1. The van der Waals surface area contributed by atoms with Crippen LogP contribution >= 0.6 is 35.0 Å². The monoisotopic (exact) mass is 424 g/mol. The van der Waals surface area contributed by atoms with Gasteiger partial charge in [0.05, 0.1) is 0 Å². The molecule has 0 spiro atoms. The predicted octanol–water partition coefficient (Wildman–Crippen LogP) is 2.68. The molecule has 2 unspecified atom stereocenters. The Morgan fingerprint density at radius 1 is 1.43 bits per heavy atom. The van der Waals surface area contributed by atoms with Gasteiger partial charge in [-0.05, 0) is 65.6 Å². The summed E-state index contributed by atoms with van der Waals surface area (Å²) in [7, 11) is 0. The number of nitrogens with zero attached hydrogens (tertiary/aromatic N) is 1. The first-order valence-electron chi connectivity index (χ1n) is 6.98. The molecule has 2 atom stereocenters. The molecular formula is C15H22ClIN2O2. The van der Waals surface area contributed by atoms with Crippen LogP contribution in [0.25, 0.3) is 0 Å². The zero-order valence-corrected chi connectivity index (χ0v) is 15.1. The first kappa shape index (κ1) is 18.5. The number of carbonyl (C=O) groups excluding carboxylic acids is 1. The molecule has 0 bridgehead atoms. The van der Waals surface area contributed by atoms with Crippen molar-refractivity contribution in [3.8, 4) is 5.75 Å². The van der Waals surface area contributed by atoms with E-state index in [-0.39, 0.29) is 31.0 Å². The van der Waals surface area contributed by atoms with Crippen molar-refractivity contribution >= 4 is 40.9 Å².